The summed E-state index contributed by atoms with van der Waals surface area (Å²) in [6.07, 6.45) is 3.30. The van der Waals surface area contributed by atoms with Crippen LogP contribution in [-0.2, 0) is 14.0 Å². The predicted octanol–water partition coefficient (Wildman–Crippen LogP) is 5.87. The lowest BCUT2D eigenvalue weighted by atomic mass is 10.00. The van der Waals surface area contributed by atoms with E-state index in [1.165, 1.54) is 0 Å². The molecular formula is C23H38O5Si. The van der Waals surface area contributed by atoms with Crippen LogP contribution in [0, 0.1) is 6.92 Å². The number of hydrogen-bond acceptors (Lipinski definition) is 4. The Morgan fingerprint density at radius 3 is 2.38 bits per heavy atom. The number of carbonyl (C=O) groups is 1. The van der Waals surface area contributed by atoms with Crippen LogP contribution < -0.4 is 4.74 Å². The molecule has 1 aliphatic carbocycles. The minimum atomic E-state index is -2.18. The first-order valence-corrected chi connectivity index (χ1v) is 13.5. The Bertz CT molecular complexity index is 689. The van der Waals surface area contributed by atoms with E-state index < -0.39 is 26.5 Å². The Kier molecular flexibility index (Phi) is 7.93. The number of rotatable bonds is 9. The number of ether oxygens (including phenoxy) is 2. The van der Waals surface area contributed by atoms with Crippen molar-refractivity contribution in [2.45, 2.75) is 96.2 Å². The number of aliphatic carboxylic acids is 1. The summed E-state index contributed by atoms with van der Waals surface area (Å²) in [6.45, 7) is 13.0. The van der Waals surface area contributed by atoms with E-state index in [0.29, 0.717) is 0 Å². The molecule has 29 heavy (non-hydrogen) atoms. The summed E-state index contributed by atoms with van der Waals surface area (Å²) in [5.41, 5.74) is 1.95. The van der Waals surface area contributed by atoms with Gasteiger partial charge in [-0.2, -0.15) is 0 Å². The molecule has 0 aromatic heterocycles. The second kappa shape index (κ2) is 9.62. The lowest BCUT2D eigenvalue weighted by molar-refractivity contribution is -0.145. The molecular weight excluding hydrogens is 384 g/mol. The van der Waals surface area contributed by atoms with E-state index in [0.717, 1.165) is 42.6 Å². The van der Waals surface area contributed by atoms with E-state index in [2.05, 4.69) is 33.9 Å². The highest BCUT2D eigenvalue weighted by molar-refractivity contribution is 6.74. The summed E-state index contributed by atoms with van der Waals surface area (Å²) in [5, 5.41) is 9.61. The zero-order valence-corrected chi connectivity index (χ0v) is 20.1. The summed E-state index contributed by atoms with van der Waals surface area (Å²) in [6, 6.07) is 5.99. The van der Waals surface area contributed by atoms with Gasteiger partial charge < -0.3 is 19.0 Å². The smallest absolute Gasteiger partial charge is 0.306 e. The van der Waals surface area contributed by atoms with Crippen molar-refractivity contribution in [1.29, 1.82) is 0 Å². The van der Waals surface area contributed by atoms with Gasteiger partial charge in [-0.15, -0.1) is 0 Å². The van der Waals surface area contributed by atoms with Gasteiger partial charge >= 0.3 is 5.97 Å². The van der Waals surface area contributed by atoms with Crippen LogP contribution in [-0.4, -0.2) is 38.7 Å². The fourth-order valence-corrected chi connectivity index (χ4v) is 4.81. The minimum Gasteiger partial charge on any atom is -0.496 e. The molecule has 2 atom stereocenters. The van der Waals surface area contributed by atoms with E-state index in [9.17, 15) is 9.90 Å². The zero-order chi connectivity index (χ0) is 21.8. The molecule has 0 heterocycles. The van der Waals surface area contributed by atoms with Crippen molar-refractivity contribution < 1.29 is 23.8 Å². The molecule has 0 bridgehead atoms. The lowest BCUT2D eigenvalue weighted by Gasteiger charge is -2.42. The van der Waals surface area contributed by atoms with E-state index in [4.69, 9.17) is 13.9 Å². The molecule has 0 spiro atoms. The molecule has 0 amide bonds. The molecule has 0 aliphatic heterocycles. The molecule has 1 aliphatic rings. The van der Waals surface area contributed by atoms with Gasteiger partial charge in [-0.3, -0.25) is 4.79 Å². The summed E-state index contributed by atoms with van der Waals surface area (Å²) in [4.78, 5) is 11.7. The van der Waals surface area contributed by atoms with Crippen LogP contribution in [0.5, 0.6) is 5.75 Å². The quantitative estimate of drug-likeness (QED) is 0.504. The molecule has 0 radical (unpaired) electrons. The molecule has 1 aromatic carbocycles. The number of hydrogen-bond donors (Lipinski definition) is 1. The Labute approximate surface area is 176 Å². The summed E-state index contributed by atoms with van der Waals surface area (Å²) in [5.74, 6) is -0.0859. The highest BCUT2D eigenvalue weighted by atomic mass is 28.4. The highest BCUT2D eigenvalue weighted by Gasteiger charge is 2.42. The zero-order valence-electron chi connectivity index (χ0n) is 19.1. The van der Waals surface area contributed by atoms with E-state index in [-0.39, 0.29) is 17.6 Å². The van der Waals surface area contributed by atoms with Crippen LogP contribution in [0.1, 0.15) is 70.1 Å². The maximum absolute atomic E-state index is 11.7. The lowest BCUT2D eigenvalue weighted by Crippen LogP contribution is -2.45. The molecule has 1 fully saturated rings. The molecule has 1 aromatic rings. The molecule has 1 N–H and O–H groups in total. The van der Waals surface area contributed by atoms with Gasteiger partial charge in [0.05, 0.1) is 31.8 Å². The first-order valence-electron chi connectivity index (χ1n) is 10.6. The van der Waals surface area contributed by atoms with Crippen molar-refractivity contribution in [1.82, 2.24) is 0 Å². The van der Waals surface area contributed by atoms with Gasteiger partial charge in [-0.1, -0.05) is 45.7 Å². The normalized spacial score (nSPS) is 17.9. The van der Waals surface area contributed by atoms with E-state index in [1.54, 1.807) is 7.11 Å². The maximum Gasteiger partial charge on any atom is 0.306 e. The van der Waals surface area contributed by atoms with E-state index >= 15 is 0 Å². The van der Waals surface area contributed by atoms with Crippen molar-refractivity contribution in [2.24, 2.45) is 0 Å². The van der Waals surface area contributed by atoms with Crippen LogP contribution in [0.25, 0.3) is 0 Å². The number of aryl methyl sites for hydroxylation is 1. The van der Waals surface area contributed by atoms with Gasteiger partial charge in [-0.05, 0) is 55.1 Å². The molecule has 0 saturated heterocycles. The number of carboxylic acids is 1. The van der Waals surface area contributed by atoms with Gasteiger partial charge in [0, 0.05) is 0 Å². The molecule has 6 heteroatoms. The second-order valence-corrected chi connectivity index (χ2v) is 14.5. The Hall–Kier alpha value is -1.37. The molecule has 5 nitrogen and oxygen atoms in total. The fraction of sp³-hybridized carbons (Fsp3) is 0.696. The Morgan fingerprint density at radius 1 is 1.24 bits per heavy atom. The van der Waals surface area contributed by atoms with Crippen molar-refractivity contribution in [2.75, 3.05) is 7.11 Å². The second-order valence-electron chi connectivity index (χ2n) is 9.71. The van der Waals surface area contributed by atoms with Gasteiger partial charge in [-0.25, -0.2) is 0 Å². The molecule has 164 valence electrons. The van der Waals surface area contributed by atoms with Gasteiger partial charge in [0.2, 0.25) is 0 Å². The Morgan fingerprint density at radius 2 is 1.86 bits per heavy atom. The largest absolute Gasteiger partial charge is 0.496 e. The van der Waals surface area contributed by atoms with Crippen LogP contribution in [0.4, 0.5) is 0 Å². The first kappa shape index (κ1) is 23.9. The molecule has 1 saturated carbocycles. The number of methoxy groups -OCH3 is 1. The van der Waals surface area contributed by atoms with Gasteiger partial charge in [0.15, 0.2) is 8.32 Å². The monoisotopic (exact) mass is 422 g/mol. The fourth-order valence-electron chi connectivity index (χ4n) is 3.54. The van der Waals surface area contributed by atoms with Crippen LogP contribution in [0.3, 0.4) is 0 Å². The van der Waals surface area contributed by atoms with Gasteiger partial charge in [0.1, 0.15) is 5.75 Å². The number of benzene rings is 1. The average molecular weight is 423 g/mol. The summed E-state index contributed by atoms with van der Waals surface area (Å²) >= 11 is 0. The van der Waals surface area contributed by atoms with Crippen LogP contribution >= 0.6 is 0 Å². The average Bonchev–Trinajstić information content (AvgIpc) is 3.11. The first-order chi connectivity index (χ1) is 13.4. The van der Waals surface area contributed by atoms with Crippen molar-refractivity contribution in [3.8, 4) is 5.75 Å². The Balaban J connectivity index is 2.45. The summed E-state index contributed by atoms with van der Waals surface area (Å²) < 4.78 is 18.7. The third-order valence-corrected chi connectivity index (χ3v) is 10.8. The topological polar surface area (TPSA) is 65.0 Å². The van der Waals surface area contributed by atoms with Crippen molar-refractivity contribution in [3.05, 3.63) is 29.3 Å². The van der Waals surface area contributed by atoms with Crippen molar-refractivity contribution in [3.63, 3.8) is 0 Å². The van der Waals surface area contributed by atoms with Crippen LogP contribution in [0.15, 0.2) is 18.2 Å². The SMILES string of the molecule is COc1cc(C(O[Si](C)(C)C(C)(C)C)[C@H](CC(=O)O)OC2CCCC2)ccc1C. The third-order valence-electron chi connectivity index (χ3n) is 6.37. The number of carboxylic acid groups (broad SMARTS) is 1. The van der Waals surface area contributed by atoms with E-state index in [1.807, 2.05) is 25.1 Å². The maximum atomic E-state index is 11.7. The third kappa shape index (κ3) is 6.30. The van der Waals surface area contributed by atoms with Crippen LogP contribution in [0.2, 0.25) is 18.1 Å². The predicted molar refractivity (Wildman–Crippen MR) is 118 cm³/mol. The standard InChI is InChI=1S/C23H38O5Si/c1-16-12-13-17(14-19(16)26-5)22(28-29(6,7)23(2,3)4)20(15-21(24)25)27-18-10-8-9-11-18/h12-14,18,20,22H,8-11,15H2,1-7H3,(H,24,25)/t20-,22?/m0/s1. The highest BCUT2D eigenvalue weighted by Crippen LogP contribution is 2.42. The molecule has 2 rings (SSSR count). The minimum absolute atomic E-state index is 0.00116. The van der Waals surface area contributed by atoms with Gasteiger partial charge in [0.25, 0.3) is 0 Å². The summed E-state index contributed by atoms with van der Waals surface area (Å²) in [7, 11) is -0.523. The molecule has 1 unspecified atom stereocenters. The van der Waals surface area contributed by atoms with Crippen molar-refractivity contribution >= 4 is 14.3 Å².